The van der Waals surface area contributed by atoms with Crippen LogP contribution < -0.4 is 0 Å². The molecule has 2 aromatic heterocycles. The van der Waals surface area contributed by atoms with Gasteiger partial charge in [0.1, 0.15) is 0 Å². The lowest BCUT2D eigenvalue weighted by atomic mass is 10.3. The highest BCUT2D eigenvalue weighted by Gasteiger charge is 2.27. The van der Waals surface area contributed by atoms with Crippen LogP contribution in [0, 0.1) is 0 Å². The second kappa shape index (κ2) is 7.69. The summed E-state index contributed by atoms with van der Waals surface area (Å²) >= 11 is 23.5. The second-order valence-electron chi connectivity index (χ2n) is 5.17. The van der Waals surface area contributed by atoms with E-state index in [1.807, 2.05) is 0 Å². The van der Waals surface area contributed by atoms with Crippen molar-refractivity contribution < 1.29 is 8.42 Å². The van der Waals surface area contributed by atoms with Gasteiger partial charge < -0.3 is 0 Å². The molecule has 0 spiro atoms. The summed E-state index contributed by atoms with van der Waals surface area (Å²) in [5.41, 5.74) is 0. The first-order valence-corrected chi connectivity index (χ1v) is 10.2. The SMILES string of the molecule is O=S(=O)(C[C@@H](Cn1nc(Cl)nc1Cl)n1nc(Cl)nc1Cl)c1ccccc1. The van der Waals surface area contributed by atoms with E-state index >= 15 is 0 Å². The summed E-state index contributed by atoms with van der Waals surface area (Å²) in [5, 5.41) is 7.64. The van der Waals surface area contributed by atoms with E-state index in [0.29, 0.717) is 0 Å². The summed E-state index contributed by atoms with van der Waals surface area (Å²) in [4.78, 5) is 7.72. The summed E-state index contributed by atoms with van der Waals surface area (Å²) in [6, 6.07) is 7.19. The van der Waals surface area contributed by atoms with E-state index < -0.39 is 15.9 Å². The van der Waals surface area contributed by atoms with Crippen LogP contribution >= 0.6 is 46.4 Å². The highest BCUT2D eigenvalue weighted by atomic mass is 35.5. The van der Waals surface area contributed by atoms with E-state index in [4.69, 9.17) is 46.4 Å². The fraction of sp³-hybridized carbons (Fsp3) is 0.231. The minimum atomic E-state index is -3.67. The summed E-state index contributed by atoms with van der Waals surface area (Å²) in [7, 11) is -3.67. The minimum Gasteiger partial charge on any atom is -0.233 e. The third-order valence-electron chi connectivity index (χ3n) is 3.41. The lowest BCUT2D eigenvalue weighted by Crippen LogP contribution is -2.26. The summed E-state index contributed by atoms with van der Waals surface area (Å²) in [6.07, 6.45) is 0. The van der Waals surface area contributed by atoms with Crippen LogP contribution in [0.25, 0.3) is 0 Å². The number of nitrogens with zero attached hydrogens (tertiary/aromatic N) is 6. The van der Waals surface area contributed by atoms with Crippen LogP contribution in [0.5, 0.6) is 0 Å². The molecule has 13 heteroatoms. The molecular weight excluding hydrogens is 446 g/mol. The van der Waals surface area contributed by atoms with Crippen molar-refractivity contribution in [2.24, 2.45) is 0 Å². The Morgan fingerprint density at radius 1 is 0.923 bits per heavy atom. The number of rotatable bonds is 6. The van der Waals surface area contributed by atoms with Gasteiger partial charge in [-0.3, -0.25) is 0 Å². The van der Waals surface area contributed by atoms with Crippen molar-refractivity contribution >= 4 is 56.2 Å². The molecule has 0 radical (unpaired) electrons. The molecule has 1 aromatic carbocycles. The quantitative estimate of drug-likeness (QED) is 0.566. The average Bonchev–Trinajstić information content (AvgIpc) is 3.08. The number of benzene rings is 1. The molecule has 0 aliphatic rings. The normalized spacial score (nSPS) is 13.1. The lowest BCUT2D eigenvalue weighted by molar-refractivity contribution is 0.404. The number of aromatic nitrogens is 6. The van der Waals surface area contributed by atoms with Gasteiger partial charge in [0.25, 0.3) is 0 Å². The molecule has 3 rings (SSSR count). The molecular formula is C13H10Cl4N6O2S. The molecule has 2 heterocycles. The highest BCUT2D eigenvalue weighted by Crippen LogP contribution is 2.24. The van der Waals surface area contributed by atoms with Crippen LogP contribution in [0.3, 0.4) is 0 Å². The number of sulfone groups is 1. The van der Waals surface area contributed by atoms with Crippen molar-refractivity contribution in [3.05, 3.63) is 51.5 Å². The Bertz CT molecular complexity index is 1020. The Morgan fingerprint density at radius 2 is 1.54 bits per heavy atom. The third-order valence-corrected chi connectivity index (χ3v) is 6.08. The molecule has 0 aliphatic carbocycles. The Kier molecular flexibility index (Phi) is 5.73. The van der Waals surface area contributed by atoms with Gasteiger partial charge in [0.05, 0.1) is 23.2 Å². The van der Waals surface area contributed by atoms with Crippen molar-refractivity contribution in [1.82, 2.24) is 29.5 Å². The molecule has 3 aromatic rings. The summed E-state index contributed by atoms with van der Waals surface area (Å²) in [5.74, 6) is -0.343. The molecule has 0 bridgehead atoms. The summed E-state index contributed by atoms with van der Waals surface area (Å²) < 4.78 is 28.0. The summed E-state index contributed by atoms with van der Waals surface area (Å²) in [6.45, 7) is -0.00990. The maximum absolute atomic E-state index is 12.8. The molecule has 0 saturated carbocycles. The minimum absolute atomic E-state index is 0.000515. The number of hydrogen-bond donors (Lipinski definition) is 0. The van der Waals surface area contributed by atoms with Crippen molar-refractivity contribution in [3.63, 3.8) is 0 Å². The molecule has 0 amide bonds. The van der Waals surface area contributed by atoms with E-state index in [1.165, 1.54) is 21.5 Å². The van der Waals surface area contributed by atoms with Crippen molar-refractivity contribution in [2.75, 3.05) is 5.75 Å². The van der Waals surface area contributed by atoms with Gasteiger partial charge in [-0.15, -0.1) is 10.2 Å². The Hall–Kier alpha value is -1.39. The molecule has 8 nitrogen and oxygen atoms in total. The molecule has 0 fully saturated rings. The zero-order valence-electron chi connectivity index (χ0n) is 12.8. The molecule has 1 atom stereocenters. The predicted octanol–water partition coefficient (Wildman–Crippen LogP) is 3.20. The monoisotopic (exact) mass is 454 g/mol. The van der Waals surface area contributed by atoms with Crippen LogP contribution in [0.15, 0.2) is 35.2 Å². The van der Waals surface area contributed by atoms with Crippen molar-refractivity contribution in [2.45, 2.75) is 17.5 Å². The fourth-order valence-electron chi connectivity index (χ4n) is 2.30. The molecule has 0 saturated heterocycles. The standard InChI is InChI=1S/C13H10Cl4N6O2S/c14-10-18-12(16)22(20-10)6-8(23-13(17)19-11(15)21-23)7-26(24,25)9-4-2-1-3-5-9/h1-5,8H,6-7H2/t8-/m1/s1. The average molecular weight is 456 g/mol. The van der Waals surface area contributed by atoms with Gasteiger partial charge in [-0.1, -0.05) is 18.2 Å². The van der Waals surface area contributed by atoms with Gasteiger partial charge >= 0.3 is 0 Å². The molecule has 0 unspecified atom stereocenters. The number of halogens is 4. The Morgan fingerprint density at radius 3 is 2.08 bits per heavy atom. The zero-order chi connectivity index (χ0) is 18.9. The van der Waals surface area contributed by atoms with E-state index in [9.17, 15) is 8.42 Å². The van der Waals surface area contributed by atoms with Gasteiger partial charge in [0.2, 0.25) is 21.1 Å². The van der Waals surface area contributed by atoms with E-state index in [0.717, 1.165) is 0 Å². The fourth-order valence-corrected chi connectivity index (χ4v) is 4.68. The smallest absolute Gasteiger partial charge is 0.233 e. The lowest BCUT2D eigenvalue weighted by Gasteiger charge is -2.18. The molecule has 0 N–H and O–H groups in total. The van der Waals surface area contributed by atoms with Crippen molar-refractivity contribution in [1.29, 1.82) is 0 Å². The predicted molar refractivity (Wildman–Crippen MR) is 97.6 cm³/mol. The van der Waals surface area contributed by atoms with Crippen LogP contribution in [-0.4, -0.2) is 43.7 Å². The van der Waals surface area contributed by atoms with Gasteiger partial charge in [-0.2, -0.15) is 9.97 Å². The second-order valence-corrected chi connectivity index (χ2v) is 8.56. The first-order valence-electron chi connectivity index (χ1n) is 7.07. The van der Waals surface area contributed by atoms with Crippen LogP contribution in [0.4, 0.5) is 0 Å². The molecule has 26 heavy (non-hydrogen) atoms. The van der Waals surface area contributed by atoms with E-state index in [2.05, 4.69) is 20.2 Å². The highest BCUT2D eigenvalue weighted by molar-refractivity contribution is 7.91. The molecule has 0 aliphatic heterocycles. The van der Waals surface area contributed by atoms with E-state index in [-0.39, 0.29) is 38.3 Å². The van der Waals surface area contributed by atoms with Crippen LogP contribution in [-0.2, 0) is 16.4 Å². The maximum atomic E-state index is 12.8. The Labute approximate surface area is 168 Å². The zero-order valence-corrected chi connectivity index (χ0v) is 16.6. The first kappa shape index (κ1) is 19.4. The maximum Gasteiger partial charge on any atom is 0.243 e. The van der Waals surface area contributed by atoms with Gasteiger partial charge in [-0.05, 0) is 58.5 Å². The van der Waals surface area contributed by atoms with Gasteiger partial charge in [-0.25, -0.2) is 17.8 Å². The largest absolute Gasteiger partial charge is 0.243 e. The van der Waals surface area contributed by atoms with Crippen LogP contribution in [0.1, 0.15) is 6.04 Å². The van der Waals surface area contributed by atoms with E-state index in [1.54, 1.807) is 18.2 Å². The Balaban J connectivity index is 1.98. The first-order chi connectivity index (χ1) is 12.3. The number of hydrogen-bond acceptors (Lipinski definition) is 6. The van der Waals surface area contributed by atoms with Crippen molar-refractivity contribution in [3.8, 4) is 0 Å². The molecule has 138 valence electrons. The van der Waals surface area contributed by atoms with Gasteiger partial charge in [0.15, 0.2) is 9.84 Å². The third kappa shape index (κ3) is 4.29. The topological polar surface area (TPSA) is 95.6 Å². The van der Waals surface area contributed by atoms with Crippen LogP contribution in [0.2, 0.25) is 21.1 Å². The van der Waals surface area contributed by atoms with Gasteiger partial charge in [0, 0.05) is 0 Å².